The zero-order chi connectivity index (χ0) is 12.5. The molecule has 3 rings (SSSR count). The van der Waals surface area contributed by atoms with Gasteiger partial charge in [-0.25, -0.2) is 4.39 Å². The van der Waals surface area contributed by atoms with E-state index in [1.54, 1.807) is 24.3 Å². The summed E-state index contributed by atoms with van der Waals surface area (Å²) in [5.74, 6) is 1.07. The van der Waals surface area contributed by atoms with Crippen LogP contribution in [0, 0.1) is 5.82 Å². The molecule has 1 N–H and O–H groups in total. The molecule has 0 bridgehead atoms. The zero-order valence-corrected chi connectivity index (χ0v) is 9.52. The summed E-state index contributed by atoms with van der Waals surface area (Å²) in [7, 11) is 0. The normalized spacial score (nSPS) is 12.7. The van der Waals surface area contributed by atoms with Crippen molar-refractivity contribution < 1.29 is 19.0 Å². The van der Waals surface area contributed by atoms with Gasteiger partial charge in [0.05, 0.1) is 0 Å². The molecule has 3 nitrogen and oxygen atoms in total. The average Bonchev–Trinajstić information content (AvgIpc) is 2.79. The predicted molar refractivity (Wildman–Crippen MR) is 63.4 cm³/mol. The van der Waals surface area contributed by atoms with Crippen molar-refractivity contribution in [3.05, 3.63) is 53.3 Å². The molecule has 0 spiro atoms. The van der Waals surface area contributed by atoms with Gasteiger partial charge in [-0.2, -0.15) is 0 Å². The van der Waals surface area contributed by atoms with Gasteiger partial charge in [-0.1, -0.05) is 12.1 Å². The number of benzene rings is 2. The highest BCUT2D eigenvalue weighted by molar-refractivity contribution is 5.52. The SMILES string of the molecule is Oc1cc2c(cc1Cc1ccc(F)cc1)OCO2. The smallest absolute Gasteiger partial charge is 0.231 e. The molecule has 1 aliphatic rings. The third kappa shape index (κ3) is 1.97. The van der Waals surface area contributed by atoms with Gasteiger partial charge >= 0.3 is 0 Å². The van der Waals surface area contributed by atoms with E-state index in [9.17, 15) is 9.50 Å². The maximum Gasteiger partial charge on any atom is 0.231 e. The van der Waals surface area contributed by atoms with Gasteiger partial charge in [-0.05, 0) is 23.8 Å². The topological polar surface area (TPSA) is 38.7 Å². The Bertz CT molecular complexity index is 578. The molecular formula is C14H11FO3. The molecule has 1 heterocycles. The summed E-state index contributed by atoms with van der Waals surface area (Å²) in [4.78, 5) is 0. The Hall–Kier alpha value is -2.23. The Morgan fingerprint density at radius 1 is 1.06 bits per heavy atom. The van der Waals surface area contributed by atoms with Gasteiger partial charge in [0.2, 0.25) is 6.79 Å². The van der Waals surface area contributed by atoms with E-state index in [4.69, 9.17) is 9.47 Å². The molecular weight excluding hydrogens is 235 g/mol. The molecule has 0 amide bonds. The standard InChI is InChI=1S/C14H11FO3/c15-11-3-1-9(2-4-11)5-10-6-13-14(7-12(10)16)18-8-17-13/h1-4,6-7,16H,5,8H2. The molecule has 18 heavy (non-hydrogen) atoms. The van der Waals surface area contributed by atoms with Crippen LogP contribution in [0.15, 0.2) is 36.4 Å². The first-order chi connectivity index (χ1) is 8.72. The van der Waals surface area contributed by atoms with E-state index in [0.717, 1.165) is 11.1 Å². The zero-order valence-electron chi connectivity index (χ0n) is 9.52. The summed E-state index contributed by atoms with van der Waals surface area (Å²) in [5.41, 5.74) is 1.65. The Morgan fingerprint density at radius 3 is 2.44 bits per heavy atom. The molecule has 2 aromatic rings. The molecule has 4 heteroatoms. The van der Waals surface area contributed by atoms with Crippen molar-refractivity contribution in [3.63, 3.8) is 0 Å². The van der Waals surface area contributed by atoms with Gasteiger partial charge in [-0.15, -0.1) is 0 Å². The minimum Gasteiger partial charge on any atom is -0.508 e. The third-order valence-electron chi connectivity index (χ3n) is 2.88. The molecule has 0 saturated carbocycles. The van der Waals surface area contributed by atoms with E-state index in [0.29, 0.717) is 17.9 Å². The van der Waals surface area contributed by atoms with Crippen LogP contribution in [-0.4, -0.2) is 11.9 Å². The van der Waals surface area contributed by atoms with Gasteiger partial charge in [0, 0.05) is 18.1 Å². The van der Waals surface area contributed by atoms with Crippen LogP contribution in [-0.2, 0) is 6.42 Å². The molecule has 92 valence electrons. The lowest BCUT2D eigenvalue weighted by atomic mass is 10.0. The van der Waals surface area contributed by atoms with Crippen LogP contribution < -0.4 is 9.47 Å². The second-order valence-corrected chi connectivity index (χ2v) is 4.14. The fraction of sp³-hybridized carbons (Fsp3) is 0.143. The average molecular weight is 246 g/mol. The van der Waals surface area contributed by atoms with Crippen molar-refractivity contribution in [2.45, 2.75) is 6.42 Å². The minimum absolute atomic E-state index is 0.156. The monoisotopic (exact) mass is 246 g/mol. The van der Waals surface area contributed by atoms with Crippen molar-refractivity contribution in [3.8, 4) is 17.2 Å². The maximum absolute atomic E-state index is 12.8. The number of hydrogen-bond donors (Lipinski definition) is 1. The van der Waals surface area contributed by atoms with Crippen molar-refractivity contribution in [1.29, 1.82) is 0 Å². The lowest BCUT2D eigenvalue weighted by molar-refractivity contribution is 0.174. The molecule has 2 aromatic carbocycles. The Kier molecular flexibility index (Phi) is 2.55. The van der Waals surface area contributed by atoms with Crippen molar-refractivity contribution in [1.82, 2.24) is 0 Å². The summed E-state index contributed by atoms with van der Waals surface area (Å²) in [6.07, 6.45) is 0.517. The Labute approximate surface area is 103 Å². The first-order valence-corrected chi connectivity index (χ1v) is 5.58. The molecule has 0 aliphatic carbocycles. The molecule has 0 radical (unpaired) electrons. The number of hydrogen-bond acceptors (Lipinski definition) is 3. The Balaban J connectivity index is 1.90. The van der Waals surface area contributed by atoms with Crippen molar-refractivity contribution >= 4 is 0 Å². The fourth-order valence-electron chi connectivity index (χ4n) is 1.94. The first kappa shape index (κ1) is 10.9. The van der Waals surface area contributed by atoms with E-state index < -0.39 is 0 Å². The molecule has 0 atom stereocenters. The third-order valence-corrected chi connectivity index (χ3v) is 2.88. The van der Waals surface area contributed by atoms with Crippen LogP contribution in [0.4, 0.5) is 4.39 Å². The van der Waals surface area contributed by atoms with Crippen molar-refractivity contribution in [2.24, 2.45) is 0 Å². The van der Waals surface area contributed by atoms with Crippen LogP contribution >= 0.6 is 0 Å². The summed E-state index contributed by atoms with van der Waals surface area (Å²) < 4.78 is 23.2. The predicted octanol–water partition coefficient (Wildman–Crippen LogP) is 2.85. The first-order valence-electron chi connectivity index (χ1n) is 5.58. The van der Waals surface area contributed by atoms with Crippen LogP contribution in [0.3, 0.4) is 0 Å². The largest absolute Gasteiger partial charge is 0.508 e. The van der Waals surface area contributed by atoms with Crippen LogP contribution in [0.1, 0.15) is 11.1 Å². The van der Waals surface area contributed by atoms with Crippen LogP contribution in [0.25, 0.3) is 0 Å². The fourth-order valence-corrected chi connectivity index (χ4v) is 1.94. The summed E-state index contributed by atoms with van der Waals surface area (Å²) >= 11 is 0. The van der Waals surface area contributed by atoms with E-state index >= 15 is 0 Å². The molecule has 0 saturated heterocycles. The van der Waals surface area contributed by atoms with Gasteiger partial charge in [0.25, 0.3) is 0 Å². The summed E-state index contributed by atoms with van der Waals surface area (Å²) in [5, 5.41) is 9.88. The van der Waals surface area contributed by atoms with Gasteiger partial charge in [0.1, 0.15) is 11.6 Å². The number of aromatic hydroxyl groups is 1. The van der Waals surface area contributed by atoms with E-state index in [-0.39, 0.29) is 18.4 Å². The molecule has 0 unspecified atom stereocenters. The maximum atomic E-state index is 12.8. The number of phenols is 1. The molecule has 1 aliphatic heterocycles. The van der Waals surface area contributed by atoms with Crippen molar-refractivity contribution in [2.75, 3.05) is 6.79 Å². The highest BCUT2D eigenvalue weighted by atomic mass is 19.1. The number of rotatable bonds is 2. The summed E-state index contributed by atoms with van der Waals surface area (Å²) in [6, 6.07) is 9.49. The Morgan fingerprint density at radius 2 is 1.72 bits per heavy atom. The number of fused-ring (bicyclic) bond motifs is 1. The van der Waals surface area contributed by atoms with Gasteiger partial charge < -0.3 is 14.6 Å². The number of ether oxygens (including phenoxy) is 2. The lowest BCUT2D eigenvalue weighted by Gasteiger charge is -2.06. The second-order valence-electron chi connectivity index (χ2n) is 4.14. The minimum atomic E-state index is -0.270. The highest BCUT2D eigenvalue weighted by Crippen LogP contribution is 2.38. The summed E-state index contributed by atoms with van der Waals surface area (Å²) in [6.45, 7) is 0.175. The van der Waals surface area contributed by atoms with E-state index in [1.165, 1.54) is 12.1 Å². The van der Waals surface area contributed by atoms with Gasteiger partial charge in [0.15, 0.2) is 11.5 Å². The van der Waals surface area contributed by atoms with Crippen LogP contribution in [0.5, 0.6) is 17.2 Å². The second kappa shape index (κ2) is 4.22. The lowest BCUT2D eigenvalue weighted by Crippen LogP contribution is -1.93. The number of phenolic OH excluding ortho intramolecular Hbond substituents is 1. The van der Waals surface area contributed by atoms with E-state index in [1.807, 2.05) is 0 Å². The molecule has 0 aromatic heterocycles. The van der Waals surface area contributed by atoms with E-state index in [2.05, 4.69) is 0 Å². The van der Waals surface area contributed by atoms with Gasteiger partial charge in [-0.3, -0.25) is 0 Å². The highest BCUT2D eigenvalue weighted by Gasteiger charge is 2.17. The molecule has 0 fully saturated rings. The quantitative estimate of drug-likeness (QED) is 0.885. The number of halogens is 1. The van der Waals surface area contributed by atoms with Crippen LogP contribution in [0.2, 0.25) is 0 Å².